The first-order chi connectivity index (χ1) is 15.0. The molecule has 1 fully saturated rings. The van der Waals surface area contributed by atoms with Crippen molar-refractivity contribution >= 4 is 22.8 Å². The van der Waals surface area contributed by atoms with E-state index in [4.69, 9.17) is 0 Å². The Hall–Kier alpha value is -3.15. The number of H-pyrrole nitrogens is 1. The Bertz CT molecular complexity index is 1080. The molecule has 5 nitrogen and oxygen atoms in total. The number of nitrogens with one attached hydrogen (secondary N) is 1. The second-order valence-corrected chi connectivity index (χ2v) is 8.25. The van der Waals surface area contributed by atoms with Gasteiger partial charge in [0, 0.05) is 35.5 Å². The number of carboxylic acid groups (broad SMARTS) is 1. The maximum atomic E-state index is 13.7. The van der Waals surface area contributed by atoms with Crippen LogP contribution in [0.2, 0.25) is 0 Å². The van der Waals surface area contributed by atoms with Crippen LogP contribution < -0.4 is 0 Å². The minimum absolute atomic E-state index is 0.0594. The molecule has 1 aliphatic heterocycles. The second-order valence-electron chi connectivity index (χ2n) is 8.25. The molecule has 2 aromatic carbocycles. The molecule has 31 heavy (non-hydrogen) atoms. The first-order valence-electron chi connectivity index (χ1n) is 10.8. The largest absolute Gasteiger partial charge is 0.480 e. The van der Waals surface area contributed by atoms with Crippen LogP contribution in [0.4, 0.5) is 4.39 Å². The lowest BCUT2D eigenvalue weighted by atomic mass is 9.86. The van der Waals surface area contributed by atoms with Crippen LogP contribution in [-0.4, -0.2) is 39.0 Å². The van der Waals surface area contributed by atoms with Crippen LogP contribution in [0.25, 0.3) is 10.9 Å². The maximum Gasteiger partial charge on any atom is 0.326 e. The molecule has 0 saturated carbocycles. The summed E-state index contributed by atoms with van der Waals surface area (Å²) in [5.41, 5.74) is 2.56. The van der Waals surface area contributed by atoms with Gasteiger partial charge in [-0.05, 0) is 55.0 Å². The number of nitrogens with zero attached hydrogens (tertiary/aromatic N) is 1. The standard InChI is InChI=1S/C25H27FN2O3/c1-2-18-9-6-10-23(25(30)31)28(18)24(29)14-20(16-7-4-3-5-8-16)21-15-27-22-13-17(26)11-12-19(21)22/h3-5,7-8,11-13,15,18,20,23,27H,2,6,9-10,14H2,1H3,(H,30,31). The first-order valence-corrected chi connectivity index (χ1v) is 10.8. The quantitative estimate of drug-likeness (QED) is 0.582. The lowest BCUT2D eigenvalue weighted by Crippen LogP contribution is -2.53. The number of aromatic amines is 1. The SMILES string of the molecule is CCC1CCCC(C(=O)O)N1C(=O)CC(c1ccccc1)c1c[nH]c2cc(F)ccc12. The Kier molecular flexibility index (Phi) is 6.07. The summed E-state index contributed by atoms with van der Waals surface area (Å²) in [5.74, 6) is -1.67. The monoisotopic (exact) mass is 422 g/mol. The molecule has 1 aromatic heterocycles. The van der Waals surface area contributed by atoms with E-state index < -0.39 is 12.0 Å². The van der Waals surface area contributed by atoms with E-state index in [0.717, 1.165) is 35.8 Å². The van der Waals surface area contributed by atoms with Crippen molar-refractivity contribution in [1.29, 1.82) is 0 Å². The van der Waals surface area contributed by atoms with Crippen LogP contribution in [0.15, 0.2) is 54.7 Å². The highest BCUT2D eigenvalue weighted by Gasteiger charge is 2.38. The van der Waals surface area contributed by atoms with Crippen LogP contribution in [0.3, 0.4) is 0 Å². The lowest BCUT2D eigenvalue weighted by Gasteiger charge is -2.40. The lowest BCUT2D eigenvalue weighted by molar-refractivity contribution is -0.155. The summed E-state index contributed by atoms with van der Waals surface area (Å²) in [5, 5.41) is 10.6. The van der Waals surface area contributed by atoms with Crippen molar-refractivity contribution in [2.45, 2.75) is 57.0 Å². The predicted octanol–water partition coefficient (Wildman–Crippen LogP) is 5.07. The molecule has 0 bridgehead atoms. The van der Waals surface area contributed by atoms with Gasteiger partial charge in [-0.15, -0.1) is 0 Å². The van der Waals surface area contributed by atoms with Gasteiger partial charge in [0.1, 0.15) is 11.9 Å². The Morgan fingerprint density at radius 2 is 1.97 bits per heavy atom. The fourth-order valence-corrected chi connectivity index (χ4v) is 4.88. The number of fused-ring (bicyclic) bond motifs is 1. The highest BCUT2D eigenvalue weighted by Crippen LogP contribution is 2.36. The van der Waals surface area contributed by atoms with Gasteiger partial charge in [0.25, 0.3) is 0 Å². The molecule has 1 saturated heterocycles. The summed E-state index contributed by atoms with van der Waals surface area (Å²) < 4.78 is 13.7. The van der Waals surface area contributed by atoms with Gasteiger partial charge in [-0.25, -0.2) is 9.18 Å². The highest BCUT2D eigenvalue weighted by molar-refractivity contribution is 5.88. The fraction of sp³-hybridized carbons (Fsp3) is 0.360. The molecule has 3 aromatic rings. The molecule has 6 heteroatoms. The van der Waals surface area contributed by atoms with E-state index in [1.807, 2.05) is 43.5 Å². The van der Waals surface area contributed by atoms with Gasteiger partial charge in [0.2, 0.25) is 5.91 Å². The molecule has 0 aliphatic carbocycles. The molecule has 2 heterocycles. The normalized spacial score (nSPS) is 20.0. The Morgan fingerprint density at radius 3 is 2.68 bits per heavy atom. The Balaban J connectivity index is 1.72. The third-order valence-electron chi connectivity index (χ3n) is 6.42. The molecule has 2 N–H and O–H groups in total. The molecule has 1 aliphatic rings. The molecule has 3 atom stereocenters. The van der Waals surface area contributed by atoms with E-state index in [2.05, 4.69) is 4.98 Å². The average Bonchev–Trinajstić information content (AvgIpc) is 3.19. The van der Waals surface area contributed by atoms with Gasteiger partial charge in [0.15, 0.2) is 0 Å². The number of likely N-dealkylation sites (tertiary alicyclic amines) is 1. The zero-order valence-corrected chi connectivity index (χ0v) is 17.6. The predicted molar refractivity (Wildman–Crippen MR) is 117 cm³/mol. The summed E-state index contributed by atoms with van der Waals surface area (Å²) in [6.07, 6.45) is 4.85. The summed E-state index contributed by atoms with van der Waals surface area (Å²) in [6.45, 7) is 2.00. The smallest absolute Gasteiger partial charge is 0.326 e. The number of carbonyl (C=O) groups is 2. The van der Waals surface area contributed by atoms with Gasteiger partial charge in [-0.3, -0.25) is 4.79 Å². The number of rotatable bonds is 6. The summed E-state index contributed by atoms with van der Waals surface area (Å²) in [6, 6.07) is 13.5. The average molecular weight is 423 g/mol. The first kappa shape index (κ1) is 21.1. The van der Waals surface area contributed by atoms with Crippen molar-refractivity contribution in [3.8, 4) is 0 Å². The number of aromatic nitrogens is 1. The summed E-state index contributed by atoms with van der Waals surface area (Å²) >= 11 is 0. The number of amides is 1. The molecule has 0 spiro atoms. The minimum Gasteiger partial charge on any atom is -0.480 e. The summed E-state index contributed by atoms with van der Waals surface area (Å²) in [7, 11) is 0. The third-order valence-corrected chi connectivity index (χ3v) is 6.42. The van der Waals surface area contributed by atoms with Gasteiger partial charge in [-0.2, -0.15) is 0 Å². The van der Waals surface area contributed by atoms with Gasteiger partial charge >= 0.3 is 5.97 Å². The molecular formula is C25H27FN2O3. The van der Waals surface area contributed by atoms with E-state index in [1.54, 1.807) is 11.0 Å². The van der Waals surface area contributed by atoms with Crippen LogP contribution in [0, 0.1) is 5.82 Å². The zero-order valence-electron chi connectivity index (χ0n) is 17.6. The molecule has 1 amide bonds. The van der Waals surface area contributed by atoms with Crippen molar-refractivity contribution < 1.29 is 19.1 Å². The van der Waals surface area contributed by atoms with Crippen molar-refractivity contribution in [3.63, 3.8) is 0 Å². The fourth-order valence-electron chi connectivity index (χ4n) is 4.88. The van der Waals surface area contributed by atoms with Crippen molar-refractivity contribution in [3.05, 3.63) is 71.7 Å². The summed E-state index contributed by atoms with van der Waals surface area (Å²) in [4.78, 5) is 30.2. The van der Waals surface area contributed by atoms with Crippen LogP contribution in [0.5, 0.6) is 0 Å². The van der Waals surface area contributed by atoms with Crippen LogP contribution in [0.1, 0.15) is 56.1 Å². The third kappa shape index (κ3) is 4.20. The number of benzene rings is 2. The molecule has 3 unspecified atom stereocenters. The maximum absolute atomic E-state index is 13.7. The van der Waals surface area contributed by atoms with Crippen LogP contribution >= 0.6 is 0 Å². The van der Waals surface area contributed by atoms with E-state index in [0.29, 0.717) is 11.9 Å². The highest BCUT2D eigenvalue weighted by atomic mass is 19.1. The molecule has 162 valence electrons. The van der Waals surface area contributed by atoms with E-state index in [9.17, 15) is 19.1 Å². The van der Waals surface area contributed by atoms with E-state index in [-0.39, 0.29) is 30.1 Å². The van der Waals surface area contributed by atoms with Crippen molar-refractivity contribution in [2.24, 2.45) is 0 Å². The topological polar surface area (TPSA) is 73.4 Å². The number of halogens is 1. The van der Waals surface area contributed by atoms with E-state index in [1.165, 1.54) is 12.1 Å². The molecule has 4 rings (SSSR count). The number of hydrogen-bond acceptors (Lipinski definition) is 2. The molecule has 0 radical (unpaired) electrons. The molecular weight excluding hydrogens is 395 g/mol. The Morgan fingerprint density at radius 1 is 1.19 bits per heavy atom. The second kappa shape index (κ2) is 8.92. The van der Waals surface area contributed by atoms with Gasteiger partial charge in [-0.1, -0.05) is 37.3 Å². The van der Waals surface area contributed by atoms with Gasteiger partial charge in [0.05, 0.1) is 0 Å². The van der Waals surface area contributed by atoms with Crippen LogP contribution in [-0.2, 0) is 9.59 Å². The number of aliphatic carboxylic acids is 1. The number of carboxylic acids is 1. The minimum atomic E-state index is -0.940. The van der Waals surface area contributed by atoms with Crippen molar-refractivity contribution in [1.82, 2.24) is 9.88 Å². The zero-order chi connectivity index (χ0) is 22.0. The van der Waals surface area contributed by atoms with E-state index >= 15 is 0 Å². The number of hydrogen-bond donors (Lipinski definition) is 2. The number of carbonyl (C=O) groups excluding carboxylic acids is 1. The van der Waals surface area contributed by atoms with Crippen molar-refractivity contribution in [2.75, 3.05) is 0 Å². The number of piperidine rings is 1. The Labute approximate surface area is 180 Å². The van der Waals surface area contributed by atoms with Gasteiger partial charge < -0.3 is 15.0 Å².